The highest BCUT2D eigenvalue weighted by molar-refractivity contribution is 6.31. The number of halogens is 4. The van der Waals surface area contributed by atoms with Crippen molar-refractivity contribution in [2.75, 3.05) is 0 Å². The molecule has 0 amide bonds. The van der Waals surface area contributed by atoms with E-state index in [9.17, 15) is 13.2 Å². The minimum atomic E-state index is -4.76. The van der Waals surface area contributed by atoms with Gasteiger partial charge in [-0.25, -0.2) is 14.6 Å². The Labute approximate surface area is 110 Å². The monoisotopic (exact) mass is 287 g/mol. The van der Waals surface area contributed by atoms with Crippen molar-refractivity contribution in [3.8, 4) is 11.9 Å². The number of hydrogen-bond acceptors (Lipinski definition) is 4. The van der Waals surface area contributed by atoms with E-state index in [0.29, 0.717) is 5.69 Å². The molecular weight excluding hydrogens is 283 g/mol. The summed E-state index contributed by atoms with van der Waals surface area (Å²) in [5.41, 5.74) is -1.54. The van der Waals surface area contributed by atoms with E-state index in [1.807, 2.05) is 0 Å². The highest BCUT2D eigenvalue weighted by atomic mass is 35.5. The number of nitriles is 1. The predicted molar refractivity (Wildman–Crippen MR) is 58.6 cm³/mol. The molecule has 0 N–H and O–H groups in total. The van der Waals surface area contributed by atoms with Gasteiger partial charge in [-0.2, -0.15) is 23.5 Å². The fourth-order valence-electron chi connectivity index (χ4n) is 1.40. The fourth-order valence-corrected chi connectivity index (χ4v) is 1.66. The van der Waals surface area contributed by atoms with Crippen molar-refractivity contribution in [2.24, 2.45) is 0 Å². The number of aromatic nitrogens is 4. The van der Waals surface area contributed by atoms with Gasteiger partial charge in [0.05, 0.1) is 0 Å². The van der Waals surface area contributed by atoms with Gasteiger partial charge in [0.15, 0.2) is 16.7 Å². The SMILES string of the molecule is Cc1cc(-n2nc(C(F)(F)F)c(C#N)c2Cl)ncn1. The molecule has 0 aliphatic rings. The normalized spacial score (nSPS) is 11.4. The molecule has 0 spiro atoms. The van der Waals surface area contributed by atoms with Crippen LogP contribution in [0.4, 0.5) is 13.2 Å². The van der Waals surface area contributed by atoms with Gasteiger partial charge in [-0.15, -0.1) is 0 Å². The Hall–Kier alpha value is -2.14. The van der Waals surface area contributed by atoms with E-state index < -0.39 is 22.6 Å². The van der Waals surface area contributed by atoms with Crippen LogP contribution in [0.1, 0.15) is 17.0 Å². The minimum absolute atomic E-state index is 0.0597. The molecule has 0 fully saturated rings. The molecule has 0 aliphatic heterocycles. The van der Waals surface area contributed by atoms with Gasteiger partial charge in [0.25, 0.3) is 0 Å². The summed E-state index contributed by atoms with van der Waals surface area (Å²) >= 11 is 5.74. The van der Waals surface area contributed by atoms with Crippen LogP contribution < -0.4 is 0 Å². The zero-order chi connectivity index (χ0) is 14.2. The molecule has 0 radical (unpaired) electrons. The molecule has 19 heavy (non-hydrogen) atoms. The molecule has 0 unspecified atom stereocenters. The summed E-state index contributed by atoms with van der Waals surface area (Å²) in [6.07, 6.45) is -3.59. The van der Waals surface area contributed by atoms with Crippen LogP contribution >= 0.6 is 11.6 Å². The second-order valence-corrected chi connectivity index (χ2v) is 3.91. The average molecular weight is 288 g/mol. The molecule has 0 saturated carbocycles. The summed E-state index contributed by atoms with van der Waals surface area (Å²) in [5.74, 6) is 0.0597. The topological polar surface area (TPSA) is 67.4 Å². The van der Waals surface area contributed by atoms with Crippen LogP contribution in [-0.2, 0) is 6.18 Å². The van der Waals surface area contributed by atoms with Crippen LogP contribution in [0.5, 0.6) is 0 Å². The second kappa shape index (κ2) is 4.51. The van der Waals surface area contributed by atoms with Crippen molar-refractivity contribution in [3.63, 3.8) is 0 Å². The highest BCUT2D eigenvalue weighted by Crippen LogP contribution is 2.34. The predicted octanol–water partition coefficient (Wildman–Crippen LogP) is 2.51. The van der Waals surface area contributed by atoms with Crippen molar-refractivity contribution in [1.29, 1.82) is 5.26 Å². The van der Waals surface area contributed by atoms with E-state index in [1.165, 1.54) is 18.5 Å². The maximum Gasteiger partial charge on any atom is 0.436 e. The summed E-state index contributed by atoms with van der Waals surface area (Å²) in [7, 11) is 0. The average Bonchev–Trinajstić information content (AvgIpc) is 2.66. The zero-order valence-corrected chi connectivity index (χ0v) is 10.2. The number of hydrogen-bond donors (Lipinski definition) is 0. The Kier molecular flexibility index (Phi) is 3.16. The zero-order valence-electron chi connectivity index (χ0n) is 9.40. The number of nitrogens with zero attached hydrogens (tertiary/aromatic N) is 5. The first-order valence-corrected chi connectivity index (χ1v) is 5.27. The van der Waals surface area contributed by atoms with Crippen molar-refractivity contribution >= 4 is 11.6 Å². The molecular formula is C10H5ClF3N5. The van der Waals surface area contributed by atoms with Gasteiger partial charge in [-0.3, -0.25) is 0 Å². The Morgan fingerprint density at radius 1 is 1.37 bits per heavy atom. The molecule has 2 aromatic heterocycles. The van der Waals surface area contributed by atoms with Crippen LogP contribution in [0.3, 0.4) is 0 Å². The van der Waals surface area contributed by atoms with Gasteiger partial charge in [-0.1, -0.05) is 11.6 Å². The Balaban J connectivity index is 2.68. The summed E-state index contributed by atoms with van der Waals surface area (Å²) in [6.45, 7) is 1.64. The second-order valence-electron chi connectivity index (χ2n) is 3.55. The van der Waals surface area contributed by atoms with Gasteiger partial charge in [0, 0.05) is 11.8 Å². The highest BCUT2D eigenvalue weighted by Gasteiger charge is 2.39. The van der Waals surface area contributed by atoms with Crippen molar-refractivity contribution in [1.82, 2.24) is 19.7 Å². The van der Waals surface area contributed by atoms with Crippen LogP contribution in [0, 0.1) is 18.3 Å². The first kappa shape index (κ1) is 13.3. The van der Waals surface area contributed by atoms with Crippen LogP contribution in [0.2, 0.25) is 5.15 Å². The van der Waals surface area contributed by atoms with Crippen molar-refractivity contribution < 1.29 is 13.2 Å². The number of rotatable bonds is 1. The third-order valence-corrected chi connectivity index (χ3v) is 2.56. The maximum atomic E-state index is 12.7. The van der Waals surface area contributed by atoms with Crippen molar-refractivity contribution in [2.45, 2.75) is 13.1 Å². The van der Waals surface area contributed by atoms with E-state index in [1.54, 1.807) is 6.92 Å². The van der Waals surface area contributed by atoms with Gasteiger partial charge in [-0.05, 0) is 6.92 Å². The van der Waals surface area contributed by atoms with E-state index in [0.717, 1.165) is 4.68 Å². The lowest BCUT2D eigenvalue weighted by atomic mass is 10.2. The van der Waals surface area contributed by atoms with E-state index in [-0.39, 0.29) is 5.82 Å². The largest absolute Gasteiger partial charge is 0.436 e. The third-order valence-electron chi connectivity index (χ3n) is 2.22. The summed E-state index contributed by atoms with van der Waals surface area (Å²) in [6, 6.07) is 2.80. The summed E-state index contributed by atoms with van der Waals surface area (Å²) in [4.78, 5) is 7.58. The minimum Gasteiger partial charge on any atom is -0.242 e. The lowest BCUT2D eigenvalue weighted by Gasteiger charge is -2.02. The van der Waals surface area contributed by atoms with Gasteiger partial charge in [0.1, 0.15) is 18.0 Å². The quantitative estimate of drug-likeness (QED) is 0.808. The maximum absolute atomic E-state index is 12.7. The summed E-state index contributed by atoms with van der Waals surface area (Å²) in [5, 5.41) is 11.6. The molecule has 2 heterocycles. The van der Waals surface area contributed by atoms with E-state index >= 15 is 0 Å². The molecule has 98 valence electrons. The molecule has 0 saturated heterocycles. The lowest BCUT2D eigenvalue weighted by molar-refractivity contribution is -0.141. The van der Waals surface area contributed by atoms with Crippen molar-refractivity contribution in [3.05, 3.63) is 34.5 Å². The third kappa shape index (κ3) is 2.37. The molecule has 5 nitrogen and oxygen atoms in total. The smallest absolute Gasteiger partial charge is 0.242 e. The number of alkyl halides is 3. The summed E-state index contributed by atoms with van der Waals surface area (Å²) < 4.78 is 38.9. The fraction of sp³-hybridized carbons (Fsp3) is 0.200. The first-order chi connectivity index (χ1) is 8.84. The molecule has 2 rings (SSSR count). The standard InChI is InChI=1S/C10H5ClF3N5/c1-5-2-7(17-4-16-5)19-9(11)6(3-15)8(18-19)10(12,13)14/h2,4H,1H3. The van der Waals surface area contributed by atoms with Crippen LogP contribution in [-0.4, -0.2) is 19.7 Å². The Morgan fingerprint density at radius 2 is 2.05 bits per heavy atom. The first-order valence-electron chi connectivity index (χ1n) is 4.89. The molecule has 0 atom stereocenters. The molecule has 2 aromatic rings. The Morgan fingerprint density at radius 3 is 2.53 bits per heavy atom. The lowest BCUT2D eigenvalue weighted by Crippen LogP contribution is -2.09. The molecule has 0 bridgehead atoms. The molecule has 0 aliphatic carbocycles. The van der Waals surface area contributed by atoms with Gasteiger partial charge in [0.2, 0.25) is 0 Å². The molecule has 9 heteroatoms. The van der Waals surface area contributed by atoms with Gasteiger partial charge >= 0.3 is 6.18 Å². The van der Waals surface area contributed by atoms with Gasteiger partial charge < -0.3 is 0 Å². The molecule has 0 aromatic carbocycles. The number of aryl methyl sites for hydroxylation is 1. The van der Waals surface area contributed by atoms with Crippen LogP contribution in [0.25, 0.3) is 5.82 Å². The van der Waals surface area contributed by atoms with E-state index in [4.69, 9.17) is 16.9 Å². The van der Waals surface area contributed by atoms with Crippen LogP contribution in [0.15, 0.2) is 12.4 Å². The van der Waals surface area contributed by atoms with E-state index in [2.05, 4.69) is 15.1 Å². The Bertz CT molecular complexity index is 671.